The highest BCUT2D eigenvalue weighted by Crippen LogP contribution is 2.33. The van der Waals surface area contributed by atoms with Crippen molar-refractivity contribution in [3.63, 3.8) is 0 Å². The molecule has 1 amide bonds. The maximum absolute atomic E-state index is 13.4. The average Bonchev–Trinajstić information content (AvgIpc) is 3.35. The van der Waals surface area contributed by atoms with Crippen molar-refractivity contribution in [3.8, 4) is 5.75 Å². The fourth-order valence-corrected chi connectivity index (χ4v) is 5.02. The first kappa shape index (κ1) is 25.9. The molecule has 0 saturated carbocycles. The molecule has 3 aromatic carbocycles. The Hall–Kier alpha value is -4.71. The van der Waals surface area contributed by atoms with Gasteiger partial charge in [0.2, 0.25) is 11.7 Å². The smallest absolute Gasteiger partial charge is 0.311 e. The van der Waals surface area contributed by atoms with Crippen molar-refractivity contribution in [2.75, 3.05) is 18.2 Å². The second kappa shape index (κ2) is 10.6. The van der Waals surface area contributed by atoms with Gasteiger partial charge in [-0.2, -0.15) is 0 Å². The third kappa shape index (κ3) is 5.06. The minimum Gasteiger partial charge on any atom is -0.490 e. The van der Waals surface area contributed by atoms with Gasteiger partial charge in [-0.25, -0.2) is 0 Å². The largest absolute Gasteiger partial charge is 0.490 e. The number of ether oxygens (including phenoxy) is 1. The Morgan fingerprint density at radius 3 is 2.56 bits per heavy atom. The van der Waals surface area contributed by atoms with E-state index < -0.39 is 4.92 Å². The summed E-state index contributed by atoms with van der Waals surface area (Å²) in [7, 11) is 1.33. The molecule has 0 saturated heterocycles. The molecule has 0 spiro atoms. The molecule has 2 heterocycles. The fourth-order valence-electron chi connectivity index (χ4n) is 4.28. The summed E-state index contributed by atoms with van der Waals surface area (Å²) in [6.45, 7) is 3.99. The number of thioether (sulfide) groups is 1. The molecular formula is C27H24N6O5S. The first-order valence-electron chi connectivity index (χ1n) is 11.9. The Kier molecular flexibility index (Phi) is 7.03. The van der Waals surface area contributed by atoms with E-state index in [4.69, 9.17) is 4.74 Å². The lowest BCUT2D eigenvalue weighted by Crippen LogP contribution is -2.24. The number of para-hydroxylation sites is 1. The third-order valence-electron chi connectivity index (χ3n) is 6.27. The van der Waals surface area contributed by atoms with Gasteiger partial charge >= 0.3 is 5.69 Å². The summed E-state index contributed by atoms with van der Waals surface area (Å²) in [5.74, 6) is 0.0755. The lowest BCUT2D eigenvalue weighted by atomic mass is 10.1. The summed E-state index contributed by atoms with van der Waals surface area (Å²) in [5.41, 5.74) is 3.29. The zero-order valence-corrected chi connectivity index (χ0v) is 22.2. The molecule has 1 N–H and O–H groups in total. The normalized spacial score (nSPS) is 11.2. The molecule has 0 aliphatic rings. The Morgan fingerprint density at radius 2 is 1.85 bits per heavy atom. The maximum Gasteiger partial charge on any atom is 0.311 e. The number of nitrogens with zero attached hydrogens (tertiary/aromatic N) is 5. The molecule has 0 atom stereocenters. The molecule has 0 aliphatic carbocycles. The monoisotopic (exact) mass is 544 g/mol. The number of hydrogen-bond acceptors (Lipinski definition) is 8. The van der Waals surface area contributed by atoms with Crippen LogP contribution in [-0.2, 0) is 11.3 Å². The lowest BCUT2D eigenvalue weighted by Gasteiger charge is -2.12. The maximum atomic E-state index is 13.4. The highest BCUT2D eigenvalue weighted by molar-refractivity contribution is 7.99. The second-order valence-electron chi connectivity index (χ2n) is 8.94. The summed E-state index contributed by atoms with van der Waals surface area (Å²) < 4.78 is 8.47. The van der Waals surface area contributed by atoms with Crippen LogP contribution in [0.4, 0.5) is 11.4 Å². The van der Waals surface area contributed by atoms with Crippen molar-refractivity contribution < 1.29 is 14.5 Å². The van der Waals surface area contributed by atoms with E-state index in [1.54, 1.807) is 28.0 Å². The van der Waals surface area contributed by atoms with E-state index in [-0.39, 0.29) is 28.7 Å². The van der Waals surface area contributed by atoms with Crippen molar-refractivity contribution in [1.82, 2.24) is 19.2 Å². The molecule has 0 unspecified atom stereocenters. The topological polar surface area (TPSA) is 134 Å². The van der Waals surface area contributed by atoms with Crippen LogP contribution in [0.2, 0.25) is 0 Å². The first-order valence-corrected chi connectivity index (χ1v) is 12.9. The van der Waals surface area contributed by atoms with E-state index in [0.29, 0.717) is 39.6 Å². The van der Waals surface area contributed by atoms with Gasteiger partial charge in [-0.3, -0.25) is 28.7 Å². The Balaban J connectivity index is 1.45. The number of nitro groups is 1. The van der Waals surface area contributed by atoms with E-state index >= 15 is 0 Å². The van der Waals surface area contributed by atoms with Crippen molar-refractivity contribution in [2.45, 2.75) is 25.5 Å². The average molecular weight is 545 g/mol. The number of amides is 1. The molecule has 0 fully saturated rings. The number of carbonyl (C=O) groups excluding carboxylic acids is 1. The summed E-state index contributed by atoms with van der Waals surface area (Å²) in [5, 5.41) is 23.6. The number of nitro benzene ring substituents is 1. The number of fused-ring (bicyclic) bond motifs is 3. The van der Waals surface area contributed by atoms with Gasteiger partial charge < -0.3 is 10.1 Å². The summed E-state index contributed by atoms with van der Waals surface area (Å²) in [4.78, 5) is 37.0. The highest BCUT2D eigenvalue weighted by Gasteiger charge is 2.20. The standard InChI is InChI=1S/C27H24N6O5S/c1-16-8-10-18(11-9-16)14-31-25(35)19-6-4-5-7-21(19)32-26(31)29-30-27(32)39-15-24(34)28-20-13-23(38-3)22(33(36)37)12-17(20)2/h4-13H,14-15H2,1-3H3,(H,28,34). The van der Waals surface area contributed by atoms with Crippen LogP contribution in [0.3, 0.4) is 0 Å². The van der Waals surface area contributed by atoms with Crippen LogP contribution in [0.25, 0.3) is 16.7 Å². The van der Waals surface area contributed by atoms with E-state index in [1.807, 2.05) is 43.3 Å². The van der Waals surface area contributed by atoms with Crippen molar-refractivity contribution >= 4 is 45.7 Å². The van der Waals surface area contributed by atoms with Crippen LogP contribution >= 0.6 is 11.8 Å². The van der Waals surface area contributed by atoms with Crippen LogP contribution in [0.15, 0.2) is 70.6 Å². The minimum atomic E-state index is -0.535. The van der Waals surface area contributed by atoms with Gasteiger partial charge in [-0.15, -0.1) is 10.2 Å². The van der Waals surface area contributed by atoms with E-state index in [9.17, 15) is 19.7 Å². The fraction of sp³-hybridized carbons (Fsp3) is 0.185. The Labute approximate surface area is 226 Å². The molecule has 5 rings (SSSR count). The molecule has 2 aromatic heterocycles. The van der Waals surface area contributed by atoms with Crippen LogP contribution in [0.5, 0.6) is 5.75 Å². The summed E-state index contributed by atoms with van der Waals surface area (Å²) in [6, 6.07) is 17.9. The van der Waals surface area contributed by atoms with Crippen molar-refractivity contribution in [1.29, 1.82) is 0 Å². The molecule has 198 valence electrons. The van der Waals surface area contributed by atoms with Gasteiger partial charge in [-0.05, 0) is 37.1 Å². The Morgan fingerprint density at radius 1 is 1.10 bits per heavy atom. The molecular weight excluding hydrogens is 520 g/mol. The number of hydrogen-bond donors (Lipinski definition) is 1. The van der Waals surface area contributed by atoms with Crippen LogP contribution < -0.4 is 15.6 Å². The van der Waals surface area contributed by atoms with E-state index in [2.05, 4.69) is 15.5 Å². The number of aromatic nitrogens is 4. The molecule has 11 nitrogen and oxygen atoms in total. The number of rotatable bonds is 8. The number of benzene rings is 3. The second-order valence-corrected chi connectivity index (χ2v) is 9.89. The van der Waals surface area contributed by atoms with Crippen molar-refractivity contribution in [3.05, 3.63) is 97.8 Å². The minimum absolute atomic E-state index is 0.00898. The molecule has 39 heavy (non-hydrogen) atoms. The predicted molar refractivity (Wildman–Crippen MR) is 149 cm³/mol. The first-order chi connectivity index (χ1) is 18.8. The van der Waals surface area contributed by atoms with Crippen LogP contribution in [-0.4, -0.2) is 42.9 Å². The number of carbonyl (C=O) groups is 1. The molecule has 0 radical (unpaired) electrons. The zero-order valence-electron chi connectivity index (χ0n) is 21.4. The summed E-state index contributed by atoms with van der Waals surface area (Å²) in [6.07, 6.45) is 0. The predicted octanol–water partition coefficient (Wildman–Crippen LogP) is 4.36. The number of anilines is 1. The van der Waals surface area contributed by atoms with Crippen LogP contribution in [0, 0.1) is 24.0 Å². The van der Waals surface area contributed by atoms with Crippen molar-refractivity contribution in [2.24, 2.45) is 0 Å². The van der Waals surface area contributed by atoms with E-state index in [0.717, 1.165) is 11.1 Å². The van der Waals surface area contributed by atoms with E-state index in [1.165, 1.54) is 31.0 Å². The third-order valence-corrected chi connectivity index (χ3v) is 7.20. The zero-order chi connectivity index (χ0) is 27.7. The quantitative estimate of drug-likeness (QED) is 0.173. The SMILES string of the molecule is COc1cc(NC(=O)CSc2nnc3n(Cc4ccc(C)cc4)c(=O)c4ccccc4n23)c(C)cc1[N+](=O)[O-]. The molecule has 12 heteroatoms. The molecule has 0 bridgehead atoms. The molecule has 5 aromatic rings. The van der Waals surface area contributed by atoms with Gasteiger partial charge in [0.05, 0.1) is 35.2 Å². The number of aryl methyl sites for hydroxylation is 2. The summed E-state index contributed by atoms with van der Waals surface area (Å²) >= 11 is 1.17. The number of methoxy groups -OCH3 is 1. The Bertz CT molecular complexity index is 1800. The van der Waals surface area contributed by atoms with Crippen LogP contribution in [0.1, 0.15) is 16.7 Å². The van der Waals surface area contributed by atoms with Gasteiger partial charge in [0, 0.05) is 17.8 Å². The molecule has 0 aliphatic heterocycles. The van der Waals surface area contributed by atoms with Gasteiger partial charge in [0.1, 0.15) is 0 Å². The van der Waals surface area contributed by atoms with Gasteiger partial charge in [-0.1, -0.05) is 53.7 Å². The lowest BCUT2D eigenvalue weighted by molar-refractivity contribution is -0.385. The highest BCUT2D eigenvalue weighted by atomic mass is 32.2. The van der Waals surface area contributed by atoms with Gasteiger partial charge in [0.25, 0.3) is 5.56 Å². The van der Waals surface area contributed by atoms with Gasteiger partial charge in [0.15, 0.2) is 10.9 Å². The number of nitrogens with one attached hydrogen (secondary N) is 1.